The molecule has 2 heterocycles. The maximum Gasteiger partial charge on any atom is 0.355 e. The summed E-state index contributed by atoms with van der Waals surface area (Å²) in [5.41, 5.74) is 0.747. The zero-order valence-corrected chi connectivity index (χ0v) is 14.6. The summed E-state index contributed by atoms with van der Waals surface area (Å²) in [5, 5.41) is 11.8. The molecule has 3 aromatic rings. The van der Waals surface area contributed by atoms with Gasteiger partial charge >= 0.3 is 11.7 Å². The van der Waals surface area contributed by atoms with Crippen molar-refractivity contribution in [2.45, 2.75) is 6.92 Å². The number of pyridine rings is 1. The van der Waals surface area contributed by atoms with Crippen LogP contribution in [0, 0.1) is 17.0 Å². The first-order chi connectivity index (χ1) is 12.5. The lowest BCUT2D eigenvalue weighted by Gasteiger charge is -2.06. The summed E-state index contributed by atoms with van der Waals surface area (Å²) in [6.07, 6.45) is 1.63. The highest BCUT2D eigenvalue weighted by Gasteiger charge is 2.23. The minimum absolute atomic E-state index is 0.159. The molecule has 0 saturated carbocycles. The van der Waals surface area contributed by atoms with Crippen molar-refractivity contribution in [2.24, 2.45) is 0 Å². The molecule has 132 valence electrons. The Morgan fingerprint density at radius 3 is 2.73 bits per heavy atom. The number of thiazole rings is 1. The van der Waals surface area contributed by atoms with Gasteiger partial charge in [-0.3, -0.25) is 15.1 Å². The Balaban J connectivity index is 1.90. The Kier molecular flexibility index (Phi) is 4.90. The monoisotopic (exact) mass is 371 g/mol. The Morgan fingerprint density at radius 2 is 2.08 bits per heavy atom. The van der Waals surface area contributed by atoms with Gasteiger partial charge in [0, 0.05) is 6.20 Å². The zero-order valence-electron chi connectivity index (χ0n) is 13.8. The molecule has 0 atom stereocenters. The Labute approximate surface area is 152 Å². The predicted molar refractivity (Wildman–Crippen MR) is 94.7 cm³/mol. The third kappa shape index (κ3) is 3.52. The van der Waals surface area contributed by atoms with Gasteiger partial charge in [-0.15, -0.1) is 11.3 Å². The fraction of sp³-hybridized carbons (Fsp3) is 0.118. The molecule has 3 rings (SSSR count). The smallest absolute Gasteiger partial charge is 0.355 e. The molecule has 0 N–H and O–H groups in total. The number of nitro benzene ring substituents is 1. The van der Waals surface area contributed by atoms with Crippen LogP contribution in [0.5, 0.6) is 11.5 Å². The van der Waals surface area contributed by atoms with Crippen LogP contribution in [-0.2, 0) is 0 Å². The van der Waals surface area contributed by atoms with Gasteiger partial charge in [-0.25, -0.2) is 9.78 Å². The molecule has 1 aromatic carbocycles. The van der Waals surface area contributed by atoms with E-state index in [2.05, 4.69) is 9.97 Å². The first-order valence-electron chi connectivity index (χ1n) is 7.43. The van der Waals surface area contributed by atoms with Gasteiger partial charge in [0.05, 0.1) is 29.5 Å². The number of esters is 1. The normalized spacial score (nSPS) is 10.4. The number of rotatable bonds is 5. The van der Waals surface area contributed by atoms with Crippen LogP contribution in [0.25, 0.3) is 10.7 Å². The lowest BCUT2D eigenvalue weighted by atomic mass is 10.3. The molecule has 0 saturated heterocycles. The SMILES string of the molecule is COc1ccc(OC(=O)c2sc(-c3ccccn3)nc2C)c([N+](=O)[O-])c1. The number of nitrogens with zero attached hydrogens (tertiary/aromatic N) is 3. The minimum atomic E-state index is -0.713. The summed E-state index contributed by atoms with van der Waals surface area (Å²) in [6.45, 7) is 1.67. The second kappa shape index (κ2) is 7.28. The molecule has 0 aliphatic rings. The van der Waals surface area contributed by atoms with Crippen molar-refractivity contribution in [3.8, 4) is 22.2 Å². The molecule has 26 heavy (non-hydrogen) atoms. The number of carbonyl (C=O) groups is 1. The van der Waals surface area contributed by atoms with E-state index in [0.717, 1.165) is 11.3 Å². The average molecular weight is 371 g/mol. The van der Waals surface area contributed by atoms with Crippen LogP contribution in [-0.4, -0.2) is 28.0 Å². The van der Waals surface area contributed by atoms with E-state index in [1.54, 1.807) is 25.3 Å². The molecule has 0 amide bonds. The van der Waals surface area contributed by atoms with Crippen LogP contribution >= 0.6 is 11.3 Å². The maximum absolute atomic E-state index is 12.5. The van der Waals surface area contributed by atoms with Gasteiger partial charge < -0.3 is 9.47 Å². The average Bonchev–Trinajstić information content (AvgIpc) is 3.04. The highest BCUT2D eigenvalue weighted by Crippen LogP contribution is 2.33. The van der Waals surface area contributed by atoms with E-state index in [1.807, 2.05) is 6.07 Å². The van der Waals surface area contributed by atoms with Gasteiger partial charge in [0.15, 0.2) is 0 Å². The van der Waals surface area contributed by atoms with E-state index in [0.29, 0.717) is 22.1 Å². The molecule has 2 aromatic heterocycles. The Bertz CT molecular complexity index is 972. The molecule has 0 spiro atoms. The molecule has 0 aliphatic carbocycles. The third-order valence-electron chi connectivity index (χ3n) is 3.43. The summed E-state index contributed by atoms with van der Waals surface area (Å²) >= 11 is 1.12. The fourth-order valence-electron chi connectivity index (χ4n) is 2.18. The lowest BCUT2D eigenvalue weighted by molar-refractivity contribution is -0.385. The number of ether oxygens (including phenoxy) is 2. The first-order valence-corrected chi connectivity index (χ1v) is 8.24. The van der Waals surface area contributed by atoms with E-state index >= 15 is 0 Å². The number of carbonyl (C=O) groups excluding carboxylic acids is 1. The molecule has 0 unspecified atom stereocenters. The molecule has 0 fully saturated rings. The highest BCUT2D eigenvalue weighted by molar-refractivity contribution is 7.17. The number of benzene rings is 1. The molecule has 0 aliphatic heterocycles. The number of aryl methyl sites for hydroxylation is 1. The van der Waals surface area contributed by atoms with Gasteiger partial charge in [0.2, 0.25) is 5.75 Å². The third-order valence-corrected chi connectivity index (χ3v) is 4.59. The fourth-order valence-corrected chi connectivity index (χ4v) is 3.10. The van der Waals surface area contributed by atoms with Gasteiger partial charge in [0.1, 0.15) is 15.6 Å². The van der Waals surface area contributed by atoms with Crippen molar-refractivity contribution in [2.75, 3.05) is 7.11 Å². The Morgan fingerprint density at radius 1 is 1.27 bits per heavy atom. The molecule has 8 nitrogen and oxygen atoms in total. The number of aromatic nitrogens is 2. The van der Waals surface area contributed by atoms with Crippen molar-refractivity contribution in [3.05, 3.63) is 63.3 Å². The first kappa shape index (κ1) is 17.5. The van der Waals surface area contributed by atoms with Crippen molar-refractivity contribution in [3.63, 3.8) is 0 Å². The van der Waals surface area contributed by atoms with E-state index in [-0.39, 0.29) is 16.3 Å². The van der Waals surface area contributed by atoms with Crippen molar-refractivity contribution in [1.29, 1.82) is 0 Å². The number of nitro groups is 1. The van der Waals surface area contributed by atoms with E-state index in [4.69, 9.17) is 9.47 Å². The van der Waals surface area contributed by atoms with Crippen LogP contribution in [0.3, 0.4) is 0 Å². The largest absolute Gasteiger partial charge is 0.496 e. The van der Waals surface area contributed by atoms with Gasteiger partial charge in [0.25, 0.3) is 0 Å². The Hall–Kier alpha value is -3.33. The van der Waals surface area contributed by atoms with E-state index in [9.17, 15) is 14.9 Å². The summed E-state index contributed by atoms with van der Waals surface area (Å²) < 4.78 is 10.2. The molecule has 0 radical (unpaired) electrons. The van der Waals surface area contributed by atoms with Crippen molar-refractivity contribution < 1.29 is 19.2 Å². The summed E-state index contributed by atoms with van der Waals surface area (Å²) in [7, 11) is 1.39. The maximum atomic E-state index is 12.5. The van der Waals surface area contributed by atoms with Crippen LogP contribution in [0.1, 0.15) is 15.4 Å². The van der Waals surface area contributed by atoms with Gasteiger partial charge in [-0.1, -0.05) is 6.07 Å². The second-order valence-corrected chi connectivity index (χ2v) is 6.13. The highest BCUT2D eigenvalue weighted by atomic mass is 32.1. The minimum Gasteiger partial charge on any atom is -0.496 e. The van der Waals surface area contributed by atoms with Crippen LogP contribution < -0.4 is 9.47 Å². The molecular weight excluding hydrogens is 358 g/mol. The number of hydrogen-bond donors (Lipinski definition) is 0. The van der Waals surface area contributed by atoms with Gasteiger partial charge in [-0.2, -0.15) is 0 Å². The van der Waals surface area contributed by atoms with Crippen LogP contribution in [0.2, 0.25) is 0 Å². The van der Waals surface area contributed by atoms with Crippen LogP contribution in [0.4, 0.5) is 5.69 Å². The molecular formula is C17H13N3O5S. The van der Waals surface area contributed by atoms with Crippen molar-refractivity contribution >= 4 is 23.0 Å². The predicted octanol–water partition coefficient (Wildman–Crippen LogP) is 3.65. The van der Waals surface area contributed by atoms with Gasteiger partial charge in [-0.05, 0) is 31.2 Å². The van der Waals surface area contributed by atoms with E-state index in [1.165, 1.54) is 25.3 Å². The summed E-state index contributed by atoms with van der Waals surface area (Å²) in [6, 6.07) is 9.38. The lowest BCUT2D eigenvalue weighted by Crippen LogP contribution is -2.09. The summed E-state index contributed by atoms with van der Waals surface area (Å²) in [5.74, 6) is -0.577. The van der Waals surface area contributed by atoms with E-state index < -0.39 is 10.9 Å². The topological polar surface area (TPSA) is 104 Å². The molecule has 0 bridgehead atoms. The quantitative estimate of drug-likeness (QED) is 0.292. The molecule has 9 heteroatoms. The van der Waals surface area contributed by atoms with Crippen molar-refractivity contribution in [1.82, 2.24) is 9.97 Å². The zero-order chi connectivity index (χ0) is 18.7. The summed E-state index contributed by atoms with van der Waals surface area (Å²) in [4.78, 5) is 31.8. The standard InChI is InChI=1S/C17H13N3O5S/c1-10-15(26-16(19-10)12-5-3-4-8-18-12)17(21)25-14-7-6-11(24-2)9-13(14)20(22)23/h3-9H,1-2H3. The van der Waals surface area contributed by atoms with Crippen LogP contribution in [0.15, 0.2) is 42.6 Å². The number of methoxy groups -OCH3 is 1. The second-order valence-electron chi connectivity index (χ2n) is 5.13. The number of hydrogen-bond acceptors (Lipinski definition) is 8.